The molecular weight excluding hydrogens is 308 g/mol. The second-order valence-corrected chi connectivity index (χ2v) is 5.61. The molecule has 1 amide bonds. The van der Waals surface area contributed by atoms with Crippen molar-refractivity contribution in [1.29, 1.82) is 5.26 Å². The normalized spacial score (nSPS) is 14.3. The van der Waals surface area contributed by atoms with Crippen molar-refractivity contribution in [2.45, 2.75) is 6.54 Å². The monoisotopic (exact) mass is 320 g/mol. The number of halogens is 1. The summed E-state index contributed by atoms with van der Waals surface area (Å²) in [6.07, 6.45) is 1.37. The van der Waals surface area contributed by atoms with E-state index >= 15 is 0 Å². The van der Waals surface area contributed by atoms with Crippen molar-refractivity contribution < 1.29 is 4.79 Å². The molecule has 0 radical (unpaired) electrons. The maximum atomic E-state index is 11.9. The summed E-state index contributed by atoms with van der Waals surface area (Å²) in [4.78, 5) is 16.1. The second-order valence-electron chi connectivity index (χ2n) is 4.12. The van der Waals surface area contributed by atoms with Crippen LogP contribution in [0.3, 0.4) is 0 Å². The summed E-state index contributed by atoms with van der Waals surface area (Å²) < 4.78 is 0. The number of thioether (sulfide) groups is 1. The third-order valence-electron chi connectivity index (χ3n) is 2.69. The van der Waals surface area contributed by atoms with E-state index in [1.54, 1.807) is 17.8 Å². The van der Waals surface area contributed by atoms with Gasteiger partial charge in [0.05, 0.1) is 6.54 Å². The zero-order valence-corrected chi connectivity index (χ0v) is 12.7. The summed E-state index contributed by atoms with van der Waals surface area (Å²) in [6, 6.07) is 9.09. The van der Waals surface area contributed by atoms with Crippen LogP contribution >= 0.6 is 23.4 Å². The summed E-state index contributed by atoms with van der Waals surface area (Å²) in [5, 5.41) is 15.9. The lowest BCUT2D eigenvalue weighted by Gasteiger charge is -2.06. The van der Waals surface area contributed by atoms with Crippen LogP contribution in [-0.2, 0) is 11.3 Å². The lowest BCUT2D eigenvalue weighted by atomic mass is 10.2. The SMILES string of the molecule is N#C/C(=C/NC1=NCCS1)C(=O)NCc1ccccc1Cl. The molecule has 2 rings (SSSR count). The molecule has 2 N–H and O–H groups in total. The zero-order valence-electron chi connectivity index (χ0n) is 11.1. The van der Waals surface area contributed by atoms with E-state index in [2.05, 4.69) is 15.6 Å². The van der Waals surface area contributed by atoms with E-state index in [1.165, 1.54) is 6.20 Å². The minimum absolute atomic E-state index is 0.00254. The molecule has 0 atom stereocenters. The van der Waals surface area contributed by atoms with Crippen molar-refractivity contribution in [3.63, 3.8) is 0 Å². The third kappa shape index (κ3) is 4.52. The number of hydrogen-bond acceptors (Lipinski definition) is 5. The number of carbonyl (C=O) groups excluding carboxylic acids is 1. The van der Waals surface area contributed by atoms with Crippen molar-refractivity contribution >= 4 is 34.4 Å². The van der Waals surface area contributed by atoms with Gasteiger partial charge in [0.15, 0.2) is 5.17 Å². The van der Waals surface area contributed by atoms with Crippen LogP contribution in [0.25, 0.3) is 0 Å². The number of benzene rings is 1. The first-order valence-corrected chi connectivity index (χ1v) is 7.62. The van der Waals surface area contributed by atoms with Crippen molar-refractivity contribution in [2.75, 3.05) is 12.3 Å². The molecule has 1 aromatic rings. The number of nitrogens with zero attached hydrogens (tertiary/aromatic N) is 2. The van der Waals surface area contributed by atoms with Gasteiger partial charge in [0, 0.05) is 23.5 Å². The lowest BCUT2D eigenvalue weighted by Crippen LogP contribution is -2.25. The Morgan fingerprint density at radius 1 is 1.52 bits per heavy atom. The molecule has 0 aromatic heterocycles. The fourth-order valence-electron chi connectivity index (χ4n) is 1.62. The second kappa shape index (κ2) is 7.72. The quantitative estimate of drug-likeness (QED) is 0.657. The predicted molar refractivity (Wildman–Crippen MR) is 84.9 cm³/mol. The van der Waals surface area contributed by atoms with Crippen LogP contribution in [0, 0.1) is 11.3 Å². The van der Waals surface area contributed by atoms with E-state index in [9.17, 15) is 4.79 Å². The minimum atomic E-state index is -0.450. The Kier molecular flexibility index (Phi) is 5.67. The molecule has 1 aliphatic heterocycles. The molecule has 1 aliphatic rings. The van der Waals surface area contributed by atoms with Gasteiger partial charge >= 0.3 is 0 Å². The molecule has 7 heteroatoms. The summed E-state index contributed by atoms with van der Waals surface area (Å²) in [7, 11) is 0. The molecule has 1 heterocycles. The third-order valence-corrected chi connectivity index (χ3v) is 3.96. The van der Waals surface area contributed by atoms with Crippen molar-refractivity contribution in [2.24, 2.45) is 4.99 Å². The summed E-state index contributed by atoms with van der Waals surface area (Å²) in [6.45, 7) is 1.02. The first-order valence-electron chi connectivity index (χ1n) is 6.26. The largest absolute Gasteiger partial charge is 0.347 e. The van der Waals surface area contributed by atoms with E-state index in [0.29, 0.717) is 5.02 Å². The topological polar surface area (TPSA) is 77.3 Å². The Morgan fingerprint density at radius 3 is 3.00 bits per heavy atom. The van der Waals surface area contributed by atoms with Crippen LogP contribution in [0.2, 0.25) is 5.02 Å². The standard InChI is InChI=1S/C14H13ClN4OS/c15-12-4-2-1-3-10(12)8-18-13(20)11(7-16)9-19-14-17-5-6-21-14/h1-4,9H,5-6,8H2,(H,17,19)(H,18,20)/b11-9-. The average molecular weight is 321 g/mol. The van der Waals surface area contributed by atoms with Crippen molar-refractivity contribution in [1.82, 2.24) is 10.6 Å². The number of amides is 1. The number of nitriles is 1. The maximum Gasteiger partial charge on any atom is 0.263 e. The molecule has 0 unspecified atom stereocenters. The Labute approximate surface area is 132 Å². The van der Waals surface area contributed by atoms with E-state index in [1.807, 2.05) is 24.3 Å². The summed E-state index contributed by atoms with van der Waals surface area (Å²) in [5.41, 5.74) is 0.797. The number of amidine groups is 1. The van der Waals surface area contributed by atoms with E-state index in [4.69, 9.17) is 16.9 Å². The summed E-state index contributed by atoms with van der Waals surface area (Å²) >= 11 is 7.56. The number of carbonyl (C=O) groups is 1. The zero-order chi connectivity index (χ0) is 15.1. The van der Waals surface area contributed by atoms with Gasteiger partial charge in [0.1, 0.15) is 11.6 Å². The first-order chi connectivity index (χ1) is 10.2. The van der Waals surface area contributed by atoms with Crippen LogP contribution in [0.1, 0.15) is 5.56 Å². The number of aliphatic imine (C=N–C) groups is 1. The van der Waals surface area contributed by atoms with Gasteiger partial charge < -0.3 is 10.6 Å². The molecule has 0 fully saturated rings. The fourth-order valence-corrected chi connectivity index (χ4v) is 2.52. The Morgan fingerprint density at radius 2 is 2.33 bits per heavy atom. The molecule has 0 aliphatic carbocycles. The van der Waals surface area contributed by atoms with E-state index in [-0.39, 0.29) is 12.1 Å². The highest BCUT2D eigenvalue weighted by atomic mass is 35.5. The van der Waals surface area contributed by atoms with Crippen LogP contribution in [0.5, 0.6) is 0 Å². The van der Waals surface area contributed by atoms with Gasteiger partial charge in [0.25, 0.3) is 5.91 Å². The first kappa shape index (κ1) is 15.4. The van der Waals surface area contributed by atoms with Gasteiger partial charge in [0.2, 0.25) is 0 Å². The Hall–Kier alpha value is -1.97. The summed E-state index contributed by atoms with van der Waals surface area (Å²) in [5.74, 6) is 0.463. The van der Waals surface area contributed by atoms with Crippen LogP contribution in [0.15, 0.2) is 41.0 Å². The van der Waals surface area contributed by atoms with Gasteiger partial charge in [-0.1, -0.05) is 41.6 Å². The Balaban J connectivity index is 1.93. The fraction of sp³-hybridized carbons (Fsp3) is 0.214. The Bertz CT molecular complexity index is 636. The highest BCUT2D eigenvalue weighted by molar-refractivity contribution is 8.14. The van der Waals surface area contributed by atoms with E-state index in [0.717, 1.165) is 23.0 Å². The molecule has 21 heavy (non-hydrogen) atoms. The molecule has 1 aromatic carbocycles. The smallest absolute Gasteiger partial charge is 0.263 e. The van der Waals surface area contributed by atoms with Crippen molar-refractivity contribution in [3.8, 4) is 6.07 Å². The maximum absolute atomic E-state index is 11.9. The van der Waals surface area contributed by atoms with Gasteiger partial charge in [-0.05, 0) is 11.6 Å². The van der Waals surface area contributed by atoms with Gasteiger partial charge in [-0.2, -0.15) is 5.26 Å². The van der Waals surface area contributed by atoms with Gasteiger partial charge in [-0.15, -0.1) is 0 Å². The molecule has 0 bridgehead atoms. The lowest BCUT2D eigenvalue weighted by molar-refractivity contribution is -0.117. The van der Waals surface area contributed by atoms with Crippen LogP contribution < -0.4 is 10.6 Å². The number of rotatable bonds is 4. The van der Waals surface area contributed by atoms with Crippen LogP contribution in [-0.4, -0.2) is 23.4 Å². The minimum Gasteiger partial charge on any atom is -0.347 e. The molecule has 0 saturated heterocycles. The van der Waals surface area contributed by atoms with E-state index < -0.39 is 5.91 Å². The molecule has 108 valence electrons. The number of hydrogen-bond donors (Lipinski definition) is 2. The van der Waals surface area contributed by atoms with Crippen LogP contribution in [0.4, 0.5) is 0 Å². The highest BCUT2D eigenvalue weighted by Crippen LogP contribution is 2.14. The average Bonchev–Trinajstić information content (AvgIpc) is 3.00. The van der Waals surface area contributed by atoms with Gasteiger partial charge in [-0.3, -0.25) is 9.79 Å². The van der Waals surface area contributed by atoms with Crippen molar-refractivity contribution in [3.05, 3.63) is 46.6 Å². The molecule has 5 nitrogen and oxygen atoms in total. The molecule has 0 spiro atoms. The number of nitrogens with one attached hydrogen (secondary N) is 2. The molecule has 0 saturated carbocycles. The highest BCUT2D eigenvalue weighted by Gasteiger charge is 2.11. The molecular formula is C14H13ClN4OS. The predicted octanol–water partition coefficient (Wildman–Crippen LogP) is 2.06. The van der Waals surface area contributed by atoms with Gasteiger partial charge in [-0.25, -0.2) is 0 Å².